The lowest BCUT2D eigenvalue weighted by atomic mass is 10.0. The summed E-state index contributed by atoms with van der Waals surface area (Å²) in [6.07, 6.45) is 0. The number of amidine groups is 1. The summed E-state index contributed by atoms with van der Waals surface area (Å²) in [5.41, 5.74) is 10.6. The molecule has 0 aromatic heterocycles. The van der Waals surface area contributed by atoms with Crippen LogP contribution in [0.2, 0.25) is 5.02 Å². The van der Waals surface area contributed by atoms with E-state index in [-0.39, 0.29) is 5.25 Å². The van der Waals surface area contributed by atoms with Gasteiger partial charge in [-0.15, -0.1) is 0 Å². The van der Waals surface area contributed by atoms with Crippen molar-refractivity contribution in [1.29, 1.82) is 0 Å². The van der Waals surface area contributed by atoms with Crippen molar-refractivity contribution in [2.75, 3.05) is 0 Å². The van der Waals surface area contributed by atoms with E-state index in [4.69, 9.17) is 17.3 Å². The molecule has 2 N–H and O–H groups in total. The summed E-state index contributed by atoms with van der Waals surface area (Å²) in [5, 5.41) is 1.32. The van der Waals surface area contributed by atoms with Gasteiger partial charge in [-0.1, -0.05) is 78.0 Å². The lowest BCUT2D eigenvalue weighted by Crippen LogP contribution is -2.10. The number of benzene rings is 3. The molecule has 4 heteroatoms. The topological polar surface area (TPSA) is 38.4 Å². The first kappa shape index (κ1) is 17.6. The summed E-state index contributed by atoms with van der Waals surface area (Å²) < 4.78 is 0. The molecular formula is C21H19ClN2S. The molecule has 3 rings (SSSR count). The Labute approximate surface area is 157 Å². The predicted octanol–water partition coefficient (Wildman–Crippen LogP) is 6.12. The van der Waals surface area contributed by atoms with Gasteiger partial charge in [-0.25, -0.2) is 4.99 Å². The molecule has 0 aliphatic rings. The van der Waals surface area contributed by atoms with E-state index in [2.05, 4.69) is 17.1 Å². The highest BCUT2D eigenvalue weighted by molar-refractivity contribution is 8.14. The quantitative estimate of drug-likeness (QED) is 0.446. The second kappa shape index (κ2) is 8.24. The molecule has 0 aliphatic carbocycles. The van der Waals surface area contributed by atoms with Crippen LogP contribution in [-0.2, 0) is 0 Å². The fourth-order valence-electron chi connectivity index (χ4n) is 2.57. The van der Waals surface area contributed by atoms with Gasteiger partial charge in [0.1, 0.15) is 0 Å². The summed E-state index contributed by atoms with van der Waals surface area (Å²) >= 11 is 7.58. The van der Waals surface area contributed by atoms with Gasteiger partial charge in [-0.05, 0) is 47.9 Å². The molecule has 0 saturated carbocycles. The Morgan fingerprint density at radius 2 is 1.60 bits per heavy atom. The van der Waals surface area contributed by atoms with Crippen LogP contribution in [0.25, 0.3) is 0 Å². The van der Waals surface area contributed by atoms with Crippen LogP contribution >= 0.6 is 23.4 Å². The van der Waals surface area contributed by atoms with E-state index in [0.29, 0.717) is 5.17 Å². The van der Waals surface area contributed by atoms with Crippen LogP contribution in [0.4, 0.5) is 5.69 Å². The highest BCUT2D eigenvalue weighted by Crippen LogP contribution is 2.36. The zero-order valence-corrected chi connectivity index (χ0v) is 15.5. The smallest absolute Gasteiger partial charge is 0.160 e. The Morgan fingerprint density at radius 1 is 0.920 bits per heavy atom. The van der Waals surface area contributed by atoms with Gasteiger partial charge in [0.25, 0.3) is 0 Å². The molecule has 3 aromatic rings. The fourth-order valence-corrected chi connectivity index (χ4v) is 3.68. The van der Waals surface area contributed by atoms with E-state index >= 15 is 0 Å². The van der Waals surface area contributed by atoms with Crippen molar-refractivity contribution in [3.05, 3.63) is 101 Å². The number of aryl methyl sites for hydroxylation is 1. The second-order valence-electron chi connectivity index (χ2n) is 5.75. The predicted molar refractivity (Wildman–Crippen MR) is 110 cm³/mol. The molecule has 3 aromatic carbocycles. The van der Waals surface area contributed by atoms with E-state index < -0.39 is 0 Å². The molecular weight excluding hydrogens is 348 g/mol. The Morgan fingerprint density at radius 3 is 2.28 bits per heavy atom. The Kier molecular flexibility index (Phi) is 5.79. The third-order valence-electron chi connectivity index (χ3n) is 3.75. The number of thioether (sulfide) groups is 1. The number of hydrogen-bond donors (Lipinski definition) is 1. The monoisotopic (exact) mass is 366 g/mol. The molecule has 0 radical (unpaired) electrons. The molecule has 25 heavy (non-hydrogen) atoms. The zero-order chi connectivity index (χ0) is 17.6. The molecule has 0 fully saturated rings. The molecule has 0 aliphatic heterocycles. The summed E-state index contributed by atoms with van der Waals surface area (Å²) in [4.78, 5) is 4.56. The van der Waals surface area contributed by atoms with Crippen LogP contribution in [0.15, 0.2) is 83.9 Å². The van der Waals surface area contributed by atoms with Crippen molar-refractivity contribution >= 4 is 34.2 Å². The molecule has 0 saturated heterocycles. The summed E-state index contributed by atoms with van der Waals surface area (Å²) in [6.45, 7) is 2.04. The van der Waals surface area contributed by atoms with Gasteiger partial charge in [-0.3, -0.25) is 0 Å². The lowest BCUT2D eigenvalue weighted by Gasteiger charge is -2.17. The largest absolute Gasteiger partial charge is 0.378 e. The van der Waals surface area contributed by atoms with Crippen molar-refractivity contribution in [2.45, 2.75) is 12.2 Å². The lowest BCUT2D eigenvalue weighted by molar-refractivity contribution is 1.16. The van der Waals surface area contributed by atoms with Crippen molar-refractivity contribution in [3.8, 4) is 0 Å². The van der Waals surface area contributed by atoms with Crippen LogP contribution in [0.5, 0.6) is 0 Å². The standard InChI is InChI=1S/C21H19ClN2S/c1-15-6-5-9-19(14-15)24-21(23)25-20(16-7-3-2-4-8-16)17-10-12-18(22)13-11-17/h2-14,20H,1H3,(H2,23,24)/t20-/m0/s1. The third-order valence-corrected chi connectivity index (χ3v) is 5.12. The zero-order valence-electron chi connectivity index (χ0n) is 13.9. The van der Waals surface area contributed by atoms with Crippen LogP contribution in [0.1, 0.15) is 21.9 Å². The Bertz CT molecular complexity index is 861. The average Bonchev–Trinajstić information content (AvgIpc) is 2.61. The van der Waals surface area contributed by atoms with E-state index in [1.54, 1.807) is 11.8 Å². The van der Waals surface area contributed by atoms with Crippen LogP contribution in [0, 0.1) is 6.92 Å². The SMILES string of the molecule is Cc1cccc(N=C(N)S[C@@H](c2ccccc2)c2ccc(Cl)cc2)c1. The van der Waals surface area contributed by atoms with E-state index in [0.717, 1.165) is 21.8 Å². The summed E-state index contributed by atoms with van der Waals surface area (Å²) in [6, 6.07) is 26.2. The maximum Gasteiger partial charge on any atom is 0.160 e. The fraction of sp³-hybridized carbons (Fsp3) is 0.0952. The molecule has 1 atom stereocenters. The Balaban J connectivity index is 1.91. The van der Waals surface area contributed by atoms with Gasteiger partial charge in [0, 0.05) is 5.02 Å². The van der Waals surface area contributed by atoms with Gasteiger partial charge in [0.05, 0.1) is 10.9 Å². The van der Waals surface area contributed by atoms with Crippen LogP contribution in [-0.4, -0.2) is 5.17 Å². The normalized spacial score (nSPS) is 12.8. The maximum atomic E-state index is 6.25. The molecule has 0 unspecified atom stereocenters. The van der Waals surface area contributed by atoms with Crippen molar-refractivity contribution < 1.29 is 0 Å². The number of nitrogens with zero attached hydrogens (tertiary/aromatic N) is 1. The van der Waals surface area contributed by atoms with E-state index in [9.17, 15) is 0 Å². The number of halogens is 1. The van der Waals surface area contributed by atoms with Crippen molar-refractivity contribution in [3.63, 3.8) is 0 Å². The first-order valence-corrected chi connectivity index (χ1v) is 9.25. The van der Waals surface area contributed by atoms with Gasteiger partial charge < -0.3 is 5.73 Å². The number of rotatable bonds is 4. The van der Waals surface area contributed by atoms with Gasteiger partial charge in [-0.2, -0.15) is 0 Å². The third kappa shape index (κ3) is 4.88. The van der Waals surface area contributed by atoms with E-state index in [1.807, 2.05) is 73.7 Å². The van der Waals surface area contributed by atoms with Crippen molar-refractivity contribution in [2.24, 2.45) is 10.7 Å². The second-order valence-corrected chi connectivity index (χ2v) is 7.31. The first-order valence-electron chi connectivity index (χ1n) is 8.00. The van der Waals surface area contributed by atoms with Gasteiger partial charge in [0.15, 0.2) is 5.17 Å². The van der Waals surface area contributed by atoms with Gasteiger partial charge in [0.2, 0.25) is 0 Å². The molecule has 0 spiro atoms. The number of aliphatic imine (C=N–C) groups is 1. The van der Waals surface area contributed by atoms with Gasteiger partial charge >= 0.3 is 0 Å². The highest BCUT2D eigenvalue weighted by atomic mass is 35.5. The Hall–Kier alpha value is -2.23. The summed E-state index contributed by atoms with van der Waals surface area (Å²) in [7, 11) is 0. The minimum atomic E-state index is 0.0621. The molecule has 0 heterocycles. The summed E-state index contributed by atoms with van der Waals surface area (Å²) in [5.74, 6) is 0. The maximum absolute atomic E-state index is 6.25. The van der Waals surface area contributed by atoms with Crippen LogP contribution in [0.3, 0.4) is 0 Å². The first-order chi connectivity index (χ1) is 12.1. The van der Waals surface area contributed by atoms with Crippen molar-refractivity contribution in [1.82, 2.24) is 0 Å². The number of nitrogens with two attached hydrogens (primary N) is 1. The molecule has 2 nitrogen and oxygen atoms in total. The minimum absolute atomic E-state index is 0.0621. The number of hydrogen-bond acceptors (Lipinski definition) is 2. The molecule has 126 valence electrons. The van der Waals surface area contributed by atoms with E-state index in [1.165, 1.54) is 5.56 Å². The molecule has 0 bridgehead atoms. The average molecular weight is 367 g/mol. The molecule has 0 amide bonds. The minimum Gasteiger partial charge on any atom is -0.378 e. The van der Waals surface area contributed by atoms with Crippen LogP contribution < -0.4 is 5.73 Å². The highest BCUT2D eigenvalue weighted by Gasteiger charge is 2.16.